The molecule has 0 spiro atoms. The van der Waals surface area contributed by atoms with Crippen LogP contribution in [-0.4, -0.2) is 61.2 Å². The van der Waals surface area contributed by atoms with Gasteiger partial charge in [0.05, 0.1) is 42.9 Å². The third-order valence-electron chi connectivity index (χ3n) is 5.07. The molecule has 0 aromatic heterocycles. The summed E-state index contributed by atoms with van der Waals surface area (Å²) in [5.41, 5.74) is 1.57. The normalized spacial score (nSPS) is 20.4. The van der Waals surface area contributed by atoms with Crippen molar-refractivity contribution in [2.45, 2.75) is 39.0 Å². The fourth-order valence-corrected chi connectivity index (χ4v) is 4.53. The van der Waals surface area contributed by atoms with Gasteiger partial charge in [-0.2, -0.15) is 0 Å². The van der Waals surface area contributed by atoms with Crippen molar-refractivity contribution in [2.75, 3.05) is 34.0 Å². The molecule has 9 heteroatoms. The second-order valence-corrected chi connectivity index (χ2v) is 9.32. The van der Waals surface area contributed by atoms with Crippen molar-refractivity contribution in [3.8, 4) is 11.5 Å². The molecule has 8 nitrogen and oxygen atoms in total. The largest absolute Gasteiger partial charge is 0.493 e. The lowest BCUT2D eigenvalue weighted by molar-refractivity contribution is -0.141. The van der Waals surface area contributed by atoms with Crippen LogP contribution in [-0.2, 0) is 19.1 Å². The molecule has 1 fully saturated rings. The Morgan fingerprint density at radius 2 is 1.97 bits per heavy atom. The van der Waals surface area contributed by atoms with E-state index in [1.54, 1.807) is 25.0 Å². The van der Waals surface area contributed by atoms with Crippen LogP contribution in [0.5, 0.6) is 11.5 Å². The fraction of sp³-hybridized carbons (Fsp3) is 0.522. The number of amidine groups is 1. The molecule has 0 radical (unpaired) electrons. The number of thioether (sulfide) groups is 1. The van der Waals surface area contributed by atoms with Crippen LogP contribution in [0.1, 0.15) is 39.3 Å². The van der Waals surface area contributed by atoms with Crippen LogP contribution >= 0.6 is 11.8 Å². The van der Waals surface area contributed by atoms with Gasteiger partial charge in [0.1, 0.15) is 6.61 Å². The Morgan fingerprint density at radius 1 is 1.22 bits per heavy atom. The number of carbonyl (C=O) groups is 2. The van der Waals surface area contributed by atoms with E-state index >= 15 is 0 Å². The maximum Gasteiger partial charge on any atom is 0.338 e. The quantitative estimate of drug-likeness (QED) is 0.410. The molecule has 2 aliphatic heterocycles. The van der Waals surface area contributed by atoms with Crippen LogP contribution in [0.3, 0.4) is 0 Å². The first-order chi connectivity index (χ1) is 15.3. The maximum atomic E-state index is 13.0. The van der Waals surface area contributed by atoms with E-state index < -0.39 is 12.0 Å². The van der Waals surface area contributed by atoms with Crippen molar-refractivity contribution in [2.24, 2.45) is 10.9 Å². The van der Waals surface area contributed by atoms with Gasteiger partial charge in [0, 0.05) is 7.11 Å². The van der Waals surface area contributed by atoms with Gasteiger partial charge in [-0.1, -0.05) is 31.7 Å². The van der Waals surface area contributed by atoms with Crippen molar-refractivity contribution in [3.63, 3.8) is 0 Å². The van der Waals surface area contributed by atoms with Gasteiger partial charge in [0.2, 0.25) is 5.91 Å². The molecule has 1 aromatic rings. The van der Waals surface area contributed by atoms with E-state index in [4.69, 9.17) is 18.9 Å². The molecule has 0 aliphatic carbocycles. The lowest BCUT2D eigenvalue weighted by Crippen LogP contribution is -2.40. The lowest BCUT2D eigenvalue weighted by Gasteiger charge is -2.33. The molecule has 2 heterocycles. The Morgan fingerprint density at radius 3 is 2.62 bits per heavy atom. The van der Waals surface area contributed by atoms with Gasteiger partial charge in [-0.3, -0.25) is 9.69 Å². The van der Waals surface area contributed by atoms with Gasteiger partial charge >= 0.3 is 5.97 Å². The third kappa shape index (κ3) is 4.94. The van der Waals surface area contributed by atoms with Crippen molar-refractivity contribution in [3.05, 3.63) is 35.0 Å². The first kappa shape index (κ1) is 24.1. The second-order valence-electron chi connectivity index (χ2n) is 8.01. The minimum Gasteiger partial charge on any atom is -0.493 e. The number of fused-ring (bicyclic) bond motifs is 1. The van der Waals surface area contributed by atoms with E-state index in [2.05, 4.69) is 18.8 Å². The Balaban J connectivity index is 2.03. The number of carbonyl (C=O) groups excluding carboxylic acids is 2. The number of hydrogen-bond acceptors (Lipinski definition) is 8. The highest BCUT2D eigenvalue weighted by Crippen LogP contribution is 2.44. The number of methoxy groups -OCH3 is 2. The van der Waals surface area contributed by atoms with E-state index in [1.807, 2.05) is 19.1 Å². The molecule has 0 unspecified atom stereocenters. The standard InChI is InChI=1S/C23H30N2O6S/c1-13(2)12-31-17-8-7-16(11-18(17)29-6)20-19(22(27)30-10-9-28-5)14(3)24-23-25(20)21(26)15(4)32-23/h7-8,11,13,15,20H,9-10,12H2,1-6H3/t15-,20-/m0/s1. The van der Waals surface area contributed by atoms with Crippen LogP contribution in [0.4, 0.5) is 0 Å². The molecule has 1 aromatic carbocycles. The zero-order valence-electron chi connectivity index (χ0n) is 19.3. The SMILES string of the molecule is COCCOC(=O)C1=C(C)N=C2S[C@@H](C)C(=O)N2[C@H]1c1ccc(OCC(C)C)c(OC)c1. The Bertz CT molecular complexity index is 942. The number of allylic oxidation sites excluding steroid dienone is 1. The van der Waals surface area contributed by atoms with Gasteiger partial charge in [-0.15, -0.1) is 0 Å². The van der Waals surface area contributed by atoms with E-state index in [-0.39, 0.29) is 24.4 Å². The molecule has 0 bridgehead atoms. The smallest absolute Gasteiger partial charge is 0.338 e. The molecule has 0 saturated carbocycles. The molecule has 2 aliphatic rings. The van der Waals surface area contributed by atoms with E-state index in [1.165, 1.54) is 18.9 Å². The molecule has 0 N–H and O–H groups in total. The number of esters is 1. The topological polar surface area (TPSA) is 86.7 Å². The Labute approximate surface area is 192 Å². The van der Waals surface area contributed by atoms with Gasteiger partial charge < -0.3 is 18.9 Å². The molecular formula is C23H30N2O6S. The highest BCUT2D eigenvalue weighted by Gasteiger charge is 2.46. The molecule has 2 atom stereocenters. The zero-order chi connectivity index (χ0) is 23.4. The number of rotatable bonds is 9. The van der Waals surface area contributed by atoms with Crippen molar-refractivity contribution in [1.29, 1.82) is 0 Å². The van der Waals surface area contributed by atoms with Gasteiger partial charge in [0.25, 0.3) is 0 Å². The number of hydrogen-bond donors (Lipinski definition) is 0. The lowest BCUT2D eigenvalue weighted by atomic mass is 9.94. The zero-order valence-corrected chi connectivity index (χ0v) is 20.2. The molecular weight excluding hydrogens is 432 g/mol. The van der Waals surface area contributed by atoms with Crippen molar-refractivity contribution < 1.29 is 28.5 Å². The van der Waals surface area contributed by atoms with Crippen LogP contribution in [0.15, 0.2) is 34.5 Å². The minimum absolute atomic E-state index is 0.104. The van der Waals surface area contributed by atoms with Gasteiger partial charge in [-0.25, -0.2) is 9.79 Å². The summed E-state index contributed by atoms with van der Waals surface area (Å²) in [6.07, 6.45) is 0. The monoisotopic (exact) mass is 462 g/mol. The maximum absolute atomic E-state index is 13.0. The predicted octanol–water partition coefficient (Wildman–Crippen LogP) is 3.57. The van der Waals surface area contributed by atoms with E-state index in [0.29, 0.717) is 46.0 Å². The van der Waals surface area contributed by atoms with Crippen LogP contribution in [0.2, 0.25) is 0 Å². The summed E-state index contributed by atoms with van der Waals surface area (Å²) in [6, 6.07) is 4.79. The number of amides is 1. The summed E-state index contributed by atoms with van der Waals surface area (Å²) in [5, 5.41) is 0.293. The van der Waals surface area contributed by atoms with E-state index in [0.717, 1.165) is 0 Å². The molecule has 1 amide bonds. The predicted molar refractivity (Wildman–Crippen MR) is 123 cm³/mol. The third-order valence-corrected chi connectivity index (χ3v) is 6.13. The molecule has 174 valence electrons. The summed E-state index contributed by atoms with van der Waals surface area (Å²) < 4.78 is 21.8. The molecule has 32 heavy (non-hydrogen) atoms. The first-order valence-corrected chi connectivity index (χ1v) is 11.4. The average Bonchev–Trinajstić information content (AvgIpc) is 3.04. The summed E-state index contributed by atoms with van der Waals surface area (Å²) in [4.78, 5) is 32.2. The summed E-state index contributed by atoms with van der Waals surface area (Å²) in [5.74, 6) is 0.868. The summed E-state index contributed by atoms with van der Waals surface area (Å²) in [6.45, 7) is 8.66. The van der Waals surface area contributed by atoms with Gasteiger partial charge in [-0.05, 0) is 37.5 Å². The average molecular weight is 463 g/mol. The first-order valence-electron chi connectivity index (χ1n) is 10.5. The Kier molecular flexibility index (Phi) is 7.84. The van der Waals surface area contributed by atoms with Crippen LogP contribution in [0.25, 0.3) is 0 Å². The second kappa shape index (κ2) is 10.4. The van der Waals surface area contributed by atoms with Crippen molar-refractivity contribution >= 4 is 28.8 Å². The Hall–Kier alpha value is -2.52. The van der Waals surface area contributed by atoms with Gasteiger partial charge in [0.15, 0.2) is 16.7 Å². The molecule has 3 rings (SSSR count). The number of ether oxygens (including phenoxy) is 4. The number of aliphatic imine (C=N–C) groups is 1. The van der Waals surface area contributed by atoms with Crippen LogP contribution < -0.4 is 9.47 Å². The van der Waals surface area contributed by atoms with E-state index in [9.17, 15) is 9.59 Å². The fourth-order valence-electron chi connectivity index (χ4n) is 3.50. The number of nitrogens with zero attached hydrogens (tertiary/aromatic N) is 2. The minimum atomic E-state index is -0.671. The summed E-state index contributed by atoms with van der Waals surface area (Å²) in [7, 11) is 3.10. The van der Waals surface area contributed by atoms with Crippen molar-refractivity contribution in [1.82, 2.24) is 4.90 Å². The van der Waals surface area contributed by atoms with Crippen LogP contribution in [0, 0.1) is 5.92 Å². The molecule has 1 saturated heterocycles. The summed E-state index contributed by atoms with van der Waals surface area (Å²) >= 11 is 1.38. The highest BCUT2D eigenvalue weighted by molar-refractivity contribution is 8.15. The number of benzene rings is 1. The highest BCUT2D eigenvalue weighted by atomic mass is 32.2.